The molecule has 170 valence electrons. The molecule has 3 N–H and O–H groups in total. The summed E-state index contributed by atoms with van der Waals surface area (Å²) in [6.45, 7) is 0. The number of non-ortho nitro benzene ring substituents is 1. The van der Waals surface area contributed by atoms with Crippen LogP contribution in [-0.2, 0) is 11.2 Å². The van der Waals surface area contributed by atoms with Gasteiger partial charge >= 0.3 is 5.97 Å². The van der Waals surface area contributed by atoms with Crippen LogP contribution in [0.2, 0.25) is 0 Å². The summed E-state index contributed by atoms with van der Waals surface area (Å²) in [5.41, 5.74) is 9.04. The maximum Gasteiger partial charge on any atom is 0.312 e. The van der Waals surface area contributed by atoms with E-state index in [2.05, 4.69) is 0 Å². The molecule has 1 aliphatic carbocycles. The molecule has 0 aliphatic heterocycles. The molecule has 4 aromatic carbocycles. The van der Waals surface area contributed by atoms with Crippen molar-refractivity contribution in [1.82, 2.24) is 0 Å². The third-order valence-corrected chi connectivity index (χ3v) is 6.38. The second kappa shape index (κ2) is 8.61. The van der Waals surface area contributed by atoms with E-state index in [0.717, 1.165) is 21.9 Å². The lowest BCUT2D eigenvalue weighted by atomic mass is 9.79. The number of aliphatic carboxylic acids is 1. The van der Waals surface area contributed by atoms with Crippen LogP contribution < -0.4 is 10.5 Å². The van der Waals surface area contributed by atoms with E-state index in [1.165, 1.54) is 12.1 Å². The van der Waals surface area contributed by atoms with Gasteiger partial charge in [0.1, 0.15) is 11.5 Å². The summed E-state index contributed by atoms with van der Waals surface area (Å²) in [6.07, 6.45) is 1.32. The number of hydrogen-bond donors (Lipinski definition) is 2. The molecule has 0 heterocycles. The van der Waals surface area contributed by atoms with Crippen LogP contribution >= 0.6 is 0 Å². The molecule has 7 heteroatoms. The summed E-state index contributed by atoms with van der Waals surface area (Å²) >= 11 is 0. The van der Waals surface area contributed by atoms with Crippen molar-refractivity contribution in [2.45, 2.75) is 24.8 Å². The number of nitrogens with zero attached hydrogens (tertiary/aromatic N) is 1. The van der Waals surface area contributed by atoms with Crippen molar-refractivity contribution in [2.75, 3.05) is 0 Å². The third-order valence-electron chi connectivity index (χ3n) is 6.38. The third kappa shape index (κ3) is 3.86. The van der Waals surface area contributed by atoms with Crippen LogP contribution in [0.5, 0.6) is 11.5 Å². The quantitative estimate of drug-likeness (QED) is 0.297. The highest BCUT2D eigenvalue weighted by Crippen LogP contribution is 2.41. The SMILES string of the molecule is NC1CCc2ccc(Oc3ccc([N+](=O)[O-])cc3-c3cccc4ccccc34)cc2C1C(=O)O. The van der Waals surface area contributed by atoms with E-state index in [4.69, 9.17) is 10.5 Å². The van der Waals surface area contributed by atoms with Gasteiger partial charge in [-0.3, -0.25) is 14.9 Å². The summed E-state index contributed by atoms with van der Waals surface area (Å²) in [6, 6.07) is 23.0. The van der Waals surface area contributed by atoms with Gasteiger partial charge in [-0.25, -0.2) is 0 Å². The number of carboxylic acids is 1. The van der Waals surface area contributed by atoms with Crippen molar-refractivity contribution in [3.63, 3.8) is 0 Å². The van der Waals surface area contributed by atoms with Crippen molar-refractivity contribution in [3.8, 4) is 22.6 Å². The van der Waals surface area contributed by atoms with Crippen LogP contribution in [0.1, 0.15) is 23.5 Å². The average Bonchev–Trinajstić information content (AvgIpc) is 2.83. The maximum absolute atomic E-state index is 11.9. The molecule has 2 unspecified atom stereocenters. The molecular weight excluding hydrogens is 432 g/mol. The zero-order valence-corrected chi connectivity index (χ0v) is 18.2. The first-order chi connectivity index (χ1) is 16.4. The Labute approximate surface area is 195 Å². The van der Waals surface area contributed by atoms with Crippen LogP contribution in [-0.4, -0.2) is 22.0 Å². The number of carboxylic acid groups (broad SMARTS) is 1. The molecule has 2 atom stereocenters. The highest BCUT2D eigenvalue weighted by Gasteiger charge is 2.33. The second-order valence-corrected chi connectivity index (χ2v) is 8.45. The Morgan fingerprint density at radius 3 is 2.59 bits per heavy atom. The van der Waals surface area contributed by atoms with Gasteiger partial charge < -0.3 is 15.6 Å². The van der Waals surface area contributed by atoms with Gasteiger partial charge in [-0.2, -0.15) is 0 Å². The number of fused-ring (bicyclic) bond motifs is 2. The molecule has 0 amide bonds. The summed E-state index contributed by atoms with van der Waals surface area (Å²) < 4.78 is 6.22. The van der Waals surface area contributed by atoms with Crippen molar-refractivity contribution in [1.29, 1.82) is 0 Å². The minimum Gasteiger partial charge on any atom is -0.481 e. The van der Waals surface area contributed by atoms with Crippen molar-refractivity contribution in [3.05, 3.63) is 100 Å². The van der Waals surface area contributed by atoms with Crippen LogP contribution in [0.25, 0.3) is 21.9 Å². The Hall–Kier alpha value is -4.23. The zero-order chi connectivity index (χ0) is 23.8. The maximum atomic E-state index is 11.9. The lowest BCUT2D eigenvalue weighted by Gasteiger charge is -2.28. The van der Waals surface area contributed by atoms with Crippen LogP contribution in [0.3, 0.4) is 0 Å². The molecule has 0 aromatic heterocycles. The summed E-state index contributed by atoms with van der Waals surface area (Å²) in [5, 5.41) is 23.2. The number of aryl methyl sites for hydroxylation is 1. The molecule has 34 heavy (non-hydrogen) atoms. The Morgan fingerprint density at radius 1 is 1.00 bits per heavy atom. The summed E-state index contributed by atoms with van der Waals surface area (Å²) in [7, 11) is 0. The largest absolute Gasteiger partial charge is 0.481 e. The van der Waals surface area contributed by atoms with Gasteiger partial charge in [0, 0.05) is 23.7 Å². The first-order valence-corrected chi connectivity index (χ1v) is 11.0. The second-order valence-electron chi connectivity index (χ2n) is 8.45. The monoisotopic (exact) mass is 454 g/mol. The topological polar surface area (TPSA) is 116 Å². The standard InChI is InChI=1S/C27H22N2O5/c28-24-12-9-17-8-11-19(15-22(17)26(24)27(30)31)34-25-13-10-18(29(32)33)14-23(25)21-7-3-5-16-4-1-2-6-20(16)21/h1-8,10-11,13-15,24,26H,9,12,28H2,(H,30,31). The van der Waals surface area contributed by atoms with E-state index in [1.807, 2.05) is 48.5 Å². The Balaban J connectivity index is 1.62. The zero-order valence-electron chi connectivity index (χ0n) is 18.2. The molecule has 1 aliphatic rings. The predicted octanol–water partition coefficient (Wildman–Crippen LogP) is 5.65. The molecule has 0 radical (unpaired) electrons. The van der Waals surface area contributed by atoms with Crippen LogP contribution in [0.4, 0.5) is 5.69 Å². The summed E-state index contributed by atoms with van der Waals surface area (Å²) in [5.74, 6) is -0.873. The van der Waals surface area contributed by atoms with E-state index in [0.29, 0.717) is 35.5 Å². The number of carbonyl (C=O) groups is 1. The van der Waals surface area contributed by atoms with Crippen molar-refractivity contribution < 1.29 is 19.6 Å². The minimum atomic E-state index is -0.961. The molecule has 7 nitrogen and oxygen atoms in total. The first-order valence-electron chi connectivity index (χ1n) is 11.0. The molecule has 4 aromatic rings. The smallest absolute Gasteiger partial charge is 0.312 e. The fraction of sp³-hybridized carbons (Fsp3) is 0.148. The number of ether oxygens (including phenoxy) is 1. The predicted molar refractivity (Wildman–Crippen MR) is 129 cm³/mol. The average molecular weight is 454 g/mol. The van der Waals surface area contributed by atoms with Crippen molar-refractivity contribution >= 4 is 22.4 Å². The van der Waals surface area contributed by atoms with Gasteiger partial charge in [0.25, 0.3) is 5.69 Å². The molecule has 0 spiro atoms. The number of nitro groups is 1. The fourth-order valence-electron chi connectivity index (χ4n) is 4.71. The van der Waals surface area contributed by atoms with E-state index >= 15 is 0 Å². The Kier molecular flexibility index (Phi) is 5.47. The first kappa shape index (κ1) is 21.6. The lowest BCUT2D eigenvalue weighted by Crippen LogP contribution is -2.37. The summed E-state index contributed by atoms with van der Waals surface area (Å²) in [4.78, 5) is 22.9. The number of nitro benzene ring substituents is 1. The number of hydrogen-bond acceptors (Lipinski definition) is 5. The van der Waals surface area contributed by atoms with E-state index in [-0.39, 0.29) is 5.69 Å². The van der Waals surface area contributed by atoms with Gasteiger partial charge in [0.15, 0.2) is 0 Å². The van der Waals surface area contributed by atoms with Crippen molar-refractivity contribution in [2.24, 2.45) is 5.73 Å². The highest BCUT2D eigenvalue weighted by molar-refractivity contribution is 5.98. The van der Waals surface area contributed by atoms with Gasteiger partial charge in [-0.15, -0.1) is 0 Å². The molecular formula is C27H22N2O5. The highest BCUT2D eigenvalue weighted by atomic mass is 16.6. The number of rotatable bonds is 5. The van der Waals surface area contributed by atoms with E-state index in [1.54, 1.807) is 18.2 Å². The molecule has 0 saturated heterocycles. The van der Waals surface area contributed by atoms with E-state index in [9.17, 15) is 20.0 Å². The van der Waals surface area contributed by atoms with Gasteiger partial charge in [-0.1, -0.05) is 48.5 Å². The number of benzene rings is 4. The number of nitrogens with two attached hydrogens (primary N) is 1. The molecule has 0 saturated carbocycles. The fourth-order valence-corrected chi connectivity index (χ4v) is 4.71. The Morgan fingerprint density at radius 2 is 1.79 bits per heavy atom. The molecule has 5 rings (SSSR count). The lowest BCUT2D eigenvalue weighted by molar-refractivity contribution is -0.384. The van der Waals surface area contributed by atoms with Crippen LogP contribution in [0, 0.1) is 10.1 Å². The van der Waals surface area contributed by atoms with Gasteiger partial charge in [0.05, 0.1) is 10.8 Å². The Bertz CT molecular complexity index is 1430. The minimum absolute atomic E-state index is 0.0439. The van der Waals surface area contributed by atoms with Crippen LogP contribution in [0.15, 0.2) is 78.9 Å². The normalized spacial score (nSPS) is 17.2. The molecule has 0 bridgehead atoms. The van der Waals surface area contributed by atoms with Gasteiger partial charge in [0.2, 0.25) is 0 Å². The van der Waals surface area contributed by atoms with E-state index < -0.39 is 22.9 Å². The van der Waals surface area contributed by atoms with Gasteiger partial charge in [-0.05, 0) is 58.5 Å². The molecule has 0 fully saturated rings.